The van der Waals surface area contributed by atoms with Gasteiger partial charge in [0.2, 0.25) is 0 Å². The zero-order chi connectivity index (χ0) is 15.4. The number of hydrogen-bond acceptors (Lipinski definition) is 3. The van der Waals surface area contributed by atoms with Gasteiger partial charge < -0.3 is 10.0 Å². The molecule has 21 heavy (non-hydrogen) atoms. The highest BCUT2D eigenvalue weighted by molar-refractivity contribution is 9.10. The maximum atomic E-state index is 12.3. The number of halogens is 1. The number of pyridine rings is 1. The third-order valence-electron chi connectivity index (χ3n) is 2.84. The summed E-state index contributed by atoms with van der Waals surface area (Å²) < 4.78 is 0.937. The number of nitrogens with zero attached hydrogens (tertiary/aromatic N) is 2. The van der Waals surface area contributed by atoms with Crippen molar-refractivity contribution in [2.24, 2.45) is 0 Å². The van der Waals surface area contributed by atoms with Gasteiger partial charge in [0, 0.05) is 18.1 Å². The molecule has 6 heteroatoms. The zero-order valence-electron chi connectivity index (χ0n) is 11.3. The number of rotatable bonds is 4. The van der Waals surface area contributed by atoms with Crippen LogP contribution in [0.3, 0.4) is 0 Å². The van der Waals surface area contributed by atoms with Crippen molar-refractivity contribution in [3.8, 4) is 0 Å². The van der Waals surface area contributed by atoms with Crippen molar-refractivity contribution in [3.05, 3.63) is 63.9 Å². The second-order valence-electron chi connectivity index (χ2n) is 4.50. The van der Waals surface area contributed by atoms with Crippen LogP contribution in [0.4, 0.5) is 0 Å². The Bertz CT molecular complexity index is 688. The summed E-state index contributed by atoms with van der Waals surface area (Å²) in [6.07, 6.45) is 0. The van der Waals surface area contributed by atoms with Gasteiger partial charge in [0.1, 0.15) is 11.4 Å². The zero-order valence-corrected chi connectivity index (χ0v) is 12.9. The number of hydrogen-bond donors (Lipinski definition) is 1. The second-order valence-corrected chi connectivity index (χ2v) is 5.42. The molecule has 0 aliphatic heterocycles. The summed E-state index contributed by atoms with van der Waals surface area (Å²) in [5, 5.41) is 8.90. The Morgan fingerprint density at radius 1 is 1.19 bits per heavy atom. The molecule has 1 amide bonds. The summed E-state index contributed by atoms with van der Waals surface area (Å²) in [5.41, 5.74) is 0.943. The van der Waals surface area contributed by atoms with Gasteiger partial charge >= 0.3 is 5.97 Å². The van der Waals surface area contributed by atoms with Gasteiger partial charge in [0.05, 0.1) is 0 Å². The molecule has 0 saturated heterocycles. The fraction of sp³-hybridized carbons (Fsp3) is 0.133. The van der Waals surface area contributed by atoms with Gasteiger partial charge in [-0.15, -0.1) is 0 Å². The lowest BCUT2D eigenvalue weighted by atomic mass is 10.2. The summed E-state index contributed by atoms with van der Waals surface area (Å²) in [4.78, 5) is 28.5. The van der Waals surface area contributed by atoms with E-state index in [4.69, 9.17) is 5.11 Å². The summed E-state index contributed by atoms with van der Waals surface area (Å²) >= 11 is 3.38. The van der Waals surface area contributed by atoms with Crippen molar-refractivity contribution >= 4 is 27.8 Å². The SMILES string of the molecule is CN(Cc1cccc(Br)c1)C(=O)c1cccc(C(=O)O)n1. The summed E-state index contributed by atoms with van der Waals surface area (Å²) in [7, 11) is 1.65. The molecule has 0 aliphatic carbocycles. The maximum absolute atomic E-state index is 12.3. The van der Waals surface area contributed by atoms with Crippen LogP contribution in [0.25, 0.3) is 0 Å². The van der Waals surface area contributed by atoms with Gasteiger partial charge in [0.15, 0.2) is 0 Å². The number of aromatic carboxylic acids is 1. The molecule has 5 nitrogen and oxygen atoms in total. The van der Waals surface area contributed by atoms with Crippen LogP contribution in [-0.4, -0.2) is 33.9 Å². The van der Waals surface area contributed by atoms with E-state index in [-0.39, 0.29) is 17.3 Å². The van der Waals surface area contributed by atoms with Gasteiger partial charge in [-0.3, -0.25) is 4.79 Å². The van der Waals surface area contributed by atoms with E-state index < -0.39 is 5.97 Å². The third-order valence-corrected chi connectivity index (χ3v) is 3.34. The minimum absolute atomic E-state index is 0.118. The molecule has 0 radical (unpaired) electrons. The van der Waals surface area contributed by atoms with E-state index in [9.17, 15) is 9.59 Å². The Labute approximate surface area is 130 Å². The molecule has 0 bridgehead atoms. The Kier molecular flexibility index (Phi) is 4.70. The Hall–Kier alpha value is -2.21. The second kappa shape index (κ2) is 6.49. The average molecular weight is 349 g/mol. The lowest BCUT2D eigenvalue weighted by Crippen LogP contribution is -2.27. The molecule has 1 aromatic carbocycles. The fourth-order valence-electron chi connectivity index (χ4n) is 1.85. The first-order chi connectivity index (χ1) is 9.97. The third kappa shape index (κ3) is 3.88. The molecule has 0 atom stereocenters. The van der Waals surface area contributed by atoms with Crippen molar-refractivity contribution < 1.29 is 14.7 Å². The van der Waals surface area contributed by atoms with Crippen molar-refractivity contribution in [1.29, 1.82) is 0 Å². The Morgan fingerprint density at radius 2 is 1.86 bits per heavy atom. The first-order valence-corrected chi connectivity index (χ1v) is 6.97. The van der Waals surface area contributed by atoms with Gasteiger partial charge in [-0.1, -0.05) is 34.1 Å². The standard InChI is InChI=1S/C15H13BrN2O3/c1-18(9-10-4-2-5-11(16)8-10)14(19)12-6-3-7-13(17-12)15(20)21/h2-8H,9H2,1H3,(H,20,21). The number of carboxylic acid groups (broad SMARTS) is 1. The molecule has 1 N–H and O–H groups in total. The summed E-state index contributed by atoms with van der Waals surface area (Å²) in [6, 6.07) is 12.0. The van der Waals surface area contributed by atoms with E-state index in [0.29, 0.717) is 6.54 Å². The molecule has 2 aromatic rings. The van der Waals surface area contributed by atoms with E-state index in [1.807, 2.05) is 24.3 Å². The monoisotopic (exact) mass is 348 g/mol. The summed E-state index contributed by atoms with van der Waals surface area (Å²) in [5.74, 6) is -1.47. The van der Waals surface area contributed by atoms with Crippen LogP contribution in [0, 0.1) is 0 Å². The van der Waals surface area contributed by atoms with Crippen molar-refractivity contribution in [1.82, 2.24) is 9.88 Å². The number of carboxylic acids is 1. The Morgan fingerprint density at radius 3 is 2.52 bits per heavy atom. The minimum atomic E-state index is -1.15. The smallest absolute Gasteiger partial charge is 0.354 e. The molecular formula is C15H13BrN2O3. The number of aromatic nitrogens is 1. The molecule has 1 aromatic heterocycles. The van der Waals surface area contributed by atoms with Gasteiger partial charge in [-0.2, -0.15) is 0 Å². The van der Waals surface area contributed by atoms with Crippen LogP contribution in [-0.2, 0) is 6.54 Å². The van der Waals surface area contributed by atoms with E-state index in [0.717, 1.165) is 10.0 Å². The largest absolute Gasteiger partial charge is 0.477 e. The number of benzene rings is 1. The van der Waals surface area contributed by atoms with Crippen LogP contribution in [0.2, 0.25) is 0 Å². The van der Waals surface area contributed by atoms with E-state index in [1.165, 1.54) is 23.1 Å². The Balaban J connectivity index is 2.15. The molecular weight excluding hydrogens is 336 g/mol. The van der Waals surface area contributed by atoms with Gasteiger partial charge in [-0.05, 0) is 29.8 Å². The van der Waals surface area contributed by atoms with Gasteiger partial charge in [-0.25, -0.2) is 9.78 Å². The number of amides is 1. The fourth-order valence-corrected chi connectivity index (χ4v) is 2.30. The van der Waals surface area contributed by atoms with Crippen molar-refractivity contribution in [2.75, 3.05) is 7.05 Å². The molecule has 0 fully saturated rings. The lowest BCUT2D eigenvalue weighted by molar-refractivity contribution is 0.0690. The van der Waals surface area contributed by atoms with E-state index in [2.05, 4.69) is 20.9 Å². The molecule has 1 heterocycles. The average Bonchev–Trinajstić information content (AvgIpc) is 2.46. The minimum Gasteiger partial charge on any atom is -0.477 e. The number of carbonyl (C=O) groups is 2. The van der Waals surface area contributed by atoms with Crippen molar-refractivity contribution in [2.45, 2.75) is 6.54 Å². The van der Waals surface area contributed by atoms with Crippen LogP contribution in [0.15, 0.2) is 46.9 Å². The number of carbonyl (C=O) groups excluding carboxylic acids is 1. The predicted molar refractivity (Wildman–Crippen MR) is 81.1 cm³/mol. The van der Waals surface area contributed by atoms with E-state index in [1.54, 1.807) is 7.05 Å². The molecule has 2 rings (SSSR count). The lowest BCUT2D eigenvalue weighted by Gasteiger charge is -2.17. The highest BCUT2D eigenvalue weighted by Crippen LogP contribution is 2.14. The highest BCUT2D eigenvalue weighted by atomic mass is 79.9. The molecule has 0 unspecified atom stereocenters. The molecule has 108 valence electrons. The quantitative estimate of drug-likeness (QED) is 0.922. The summed E-state index contributed by atoms with van der Waals surface area (Å²) in [6.45, 7) is 0.414. The maximum Gasteiger partial charge on any atom is 0.354 e. The molecule has 0 saturated carbocycles. The predicted octanol–water partition coefficient (Wildman–Crippen LogP) is 2.81. The van der Waals surface area contributed by atoms with Crippen LogP contribution < -0.4 is 0 Å². The molecule has 0 aliphatic rings. The topological polar surface area (TPSA) is 70.5 Å². The normalized spacial score (nSPS) is 10.2. The van der Waals surface area contributed by atoms with E-state index >= 15 is 0 Å². The first kappa shape index (κ1) is 15.2. The first-order valence-electron chi connectivity index (χ1n) is 6.17. The van der Waals surface area contributed by atoms with Crippen LogP contribution in [0.5, 0.6) is 0 Å². The van der Waals surface area contributed by atoms with Crippen molar-refractivity contribution in [3.63, 3.8) is 0 Å². The van der Waals surface area contributed by atoms with Gasteiger partial charge in [0.25, 0.3) is 5.91 Å². The van der Waals surface area contributed by atoms with Crippen LogP contribution >= 0.6 is 15.9 Å². The highest BCUT2D eigenvalue weighted by Gasteiger charge is 2.15. The van der Waals surface area contributed by atoms with Crippen LogP contribution in [0.1, 0.15) is 26.5 Å². The molecule has 0 spiro atoms.